The highest BCUT2D eigenvalue weighted by molar-refractivity contribution is 5.99. The number of fused-ring (bicyclic) bond motifs is 1. The number of nitrogens with one attached hydrogen (secondary N) is 2. The van der Waals surface area contributed by atoms with Crippen molar-refractivity contribution in [2.24, 2.45) is 4.99 Å². The molecular weight excluding hydrogens is 709 g/mol. The van der Waals surface area contributed by atoms with Crippen LogP contribution in [0.3, 0.4) is 0 Å². The molecule has 1 aliphatic rings. The molecule has 2 heterocycles. The van der Waals surface area contributed by atoms with Gasteiger partial charge in [-0.3, -0.25) is 5.32 Å². The minimum absolute atomic E-state index is 0.0755. The molecule has 8 aromatic carbocycles. The molecule has 0 spiro atoms. The van der Waals surface area contributed by atoms with E-state index >= 15 is 0 Å². The molecule has 276 valence electrons. The lowest BCUT2D eigenvalue weighted by atomic mass is 9.96. The van der Waals surface area contributed by atoms with E-state index in [1.807, 2.05) is 84.9 Å². The summed E-state index contributed by atoms with van der Waals surface area (Å²) in [7, 11) is 0. The Balaban J connectivity index is 0.919. The van der Waals surface area contributed by atoms with E-state index < -0.39 is 0 Å². The van der Waals surface area contributed by atoms with Gasteiger partial charge in [0.1, 0.15) is 18.2 Å². The lowest BCUT2D eigenvalue weighted by Crippen LogP contribution is -2.44. The molecule has 0 saturated carbocycles. The van der Waals surface area contributed by atoms with E-state index in [4.69, 9.17) is 19.9 Å². The quantitative estimate of drug-likeness (QED) is 0.162. The van der Waals surface area contributed by atoms with E-state index in [2.05, 4.69) is 132 Å². The first kappa shape index (κ1) is 34.9. The molecule has 2 atom stereocenters. The number of amidine groups is 1. The summed E-state index contributed by atoms with van der Waals surface area (Å²) < 4.78 is 0. The number of benzene rings is 8. The Morgan fingerprint density at radius 1 is 0.328 bits per heavy atom. The molecule has 6 nitrogen and oxygen atoms in total. The predicted octanol–water partition coefficient (Wildman–Crippen LogP) is 11.7. The molecule has 2 unspecified atom stereocenters. The molecule has 0 aliphatic carbocycles. The summed E-state index contributed by atoms with van der Waals surface area (Å²) in [5.41, 5.74) is 10.8. The van der Waals surface area contributed by atoms with Gasteiger partial charge >= 0.3 is 0 Å². The second kappa shape index (κ2) is 15.5. The molecule has 6 heteroatoms. The first-order chi connectivity index (χ1) is 28.7. The molecule has 0 fully saturated rings. The first-order valence-electron chi connectivity index (χ1n) is 19.5. The Kier molecular flexibility index (Phi) is 9.35. The molecule has 9 aromatic rings. The van der Waals surface area contributed by atoms with Crippen LogP contribution >= 0.6 is 0 Å². The van der Waals surface area contributed by atoms with Gasteiger partial charge in [-0.05, 0) is 56.3 Å². The minimum atomic E-state index is -0.205. The van der Waals surface area contributed by atoms with Crippen LogP contribution in [0, 0.1) is 0 Å². The van der Waals surface area contributed by atoms with Crippen LogP contribution in [-0.4, -0.2) is 20.8 Å². The lowest BCUT2D eigenvalue weighted by molar-refractivity contribution is 0.409. The normalized spacial score (nSPS) is 15.1. The zero-order chi connectivity index (χ0) is 38.7. The third-order valence-corrected chi connectivity index (χ3v) is 10.6. The molecule has 10 rings (SSSR count). The largest absolute Gasteiger partial charge is 0.350 e. The summed E-state index contributed by atoms with van der Waals surface area (Å²) in [5, 5.41) is 9.71. The van der Waals surface area contributed by atoms with Crippen molar-refractivity contribution in [1.29, 1.82) is 0 Å². The van der Waals surface area contributed by atoms with Gasteiger partial charge in [-0.15, -0.1) is 0 Å². The molecule has 0 radical (unpaired) electrons. The van der Waals surface area contributed by atoms with Crippen molar-refractivity contribution >= 4 is 16.6 Å². The van der Waals surface area contributed by atoms with Crippen molar-refractivity contribution < 1.29 is 0 Å². The molecule has 0 bridgehead atoms. The molecule has 58 heavy (non-hydrogen) atoms. The lowest BCUT2D eigenvalue weighted by Gasteiger charge is -2.32. The molecule has 2 N–H and O–H groups in total. The van der Waals surface area contributed by atoms with Gasteiger partial charge in [0.2, 0.25) is 0 Å². The van der Waals surface area contributed by atoms with Crippen LogP contribution in [0.2, 0.25) is 0 Å². The van der Waals surface area contributed by atoms with Gasteiger partial charge in [0, 0.05) is 22.3 Å². The third kappa shape index (κ3) is 7.28. The second-order valence-electron chi connectivity index (χ2n) is 14.4. The fourth-order valence-electron chi connectivity index (χ4n) is 7.50. The highest BCUT2D eigenvalue weighted by Gasteiger charge is 2.25. The van der Waals surface area contributed by atoms with Crippen LogP contribution < -0.4 is 10.6 Å². The van der Waals surface area contributed by atoms with Gasteiger partial charge in [0.05, 0.1) is 0 Å². The van der Waals surface area contributed by atoms with E-state index in [1.54, 1.807) is 0 Å². The number of aliphatic imine (C=N–C) groups is 1. The van der Waals surface area contributed by atoms with Crippen molar-refractivity contribution in [1.82, 2.24) is 25.6 Å². The van der Waals surface area contributed by atoms with E-state index in [-0.39, 0.29) is 12.3 Å². The van der Waals surface area contributed by atoms with Gasteiger partial charge in [-0.1, -0.05) is 194 Å². The van der Waals surface area contributed by atoms with E-state index in [9.17, 15) is 0 Å². The maximum Gasteiger partial charge on any atom is 0.164 e. The number of hydrogen-bond acceptors (Lipinski definition) is 6. The van der Waals surface area contributed by atoms with Crippen LogP contribution in [0.1, 0.15) is 29.0 Å². The van der Waals surface area contributed by atoms with Crippen LogP contribution in [0.25, 0.3) is 67.2 Å². The number of aromatic nitrogens is 3. The fourth-order valence-corrected chi connectivity index (χ4v) is 7.50. The SMILES string of the molecule is c1ccc(C2=NC(c3ccc(-c4ccc5ccc(-c6ccc(-c7nc(-c8ccccc8)nc(-c8ccccc8)n7)cc6)cc5c4)cc3)NC(c3ccccc3)N2)cc1. The summed E-state index contributed by atoms with van der Waals surface area (Å²) in [6, 6.07) is 71.5. The Bertz CT molecular complexity index is 2800. The highest BCUT2D eigenvalue weighted by Crippen LogP contribution is 2.32. The van der Waals surface area contributed by atoms with Crippen LogP contribution in [0.15, 0.2) is 211 Å². The fraction of sp³-hybridized carbons (Fsp3) is 0.0385. The van der Waals surface area contributed by atoms with E-state index in [0.717, 1.165) is 55.9 Å². The minimum Gasteiger partial charge on any atom is -0.350 e. The van der Waals surface area contributed by atoms with Gasteiger partial charge < -0.3 is 5.32 Å². The zero-order valence-corrected chi connectivity index (χ0v) is 31.6. The Hall–Kier alpha value is -7.54. The Morgan fingerprint density at radius 2 is 0.741 bits per heavy atom. The van der Waals surface area contributed by atoms with E-state index in [1.165, 1.54) is 16.3 Å². The second-order valence-corrected chi connectivity index (χ2v) is 14.4. The summed E-state index contributed by atoms with van der Waals surface area (Å²) in [6.07, 6.45) is -0.281. The first-order valence-corrected chi connectivity index (χ1v) is 19.5. The summed E-state index contributed by atoms with van der Waals surface area (Å²) in [4.78, 5) is 19.8. The zero-order valence-electron chi connectivity index (χ0n) is 31.6. The van der Waals surface area contributed by atoms with Crippen molar-refractivity contribution in [3.8, 4) is 56.4 Å². The molecule has 0 saturated heterocycles. The topological polar surface area (TPSA) is 75.1 Å². The number of hydrogen-bond donors (Lipinski definition) is 2. The maximum absolute atomic E-state index is 5.12. The van der Waals surface area contributed by atoms with Crippen molar-refractivity contribution in [2.75, 3.05) is 0 Å². The van der Waals surface area contributed by atoms with Gasteiger partial charge in [0.15, 0.2) is 17.5 Å². The molecular formula is C52H38N6. The van der Waals surface area contributed by atoms with Gasteiger partial charge in [0.25, 0.3) is 0 Å². The number of rotatable bonds is 8. The Labute approximate surface area is 337 Å². The molecule has 1 aromatic heterocycles. The van der Waals surface area contributed by atoms with Crippen LogP contribution in [0.4, 0.5) is 0 Å². The number of nitrogens with zero attached hydrogens (tertiary/aromatic N) is 4. The maximum atomic E-state index is 5.12. The predicted molar refractivity (Wildman–Crippen MR) is 236 cm³/mol. The van der Waals surface area contributed by atoms with Crippen molar-refractivity contribution in [2.45, 2.75) is 12.3 Å². The molecule has 0 amide bonds. The van der Waals surface area contributed by atoms with Crippen molar-refractivity contribution in [3.63, 3.8) is 0 Å². The van der Waals surface area contributed by atoms with Crippen LogP contribution in [-0.2, 0) is 0 Å². The van der Waals surface area contributed by atoms with Gasteiger partial charge in [-0.25, -0.2) is 19.9 Å². The van der Waals surface area contributed by atoms with Crippen LogP contribution in [0.5, 0.6) is 0 Å². The molecule has 1 aliphatic heterocycles. The standard InChI is InChI=1S/C52H38N6/c1-5-13-38(14-6-1)47-53-48(39-15-7-2-8-16-39)56-51(55-47)42-27-21-35(22-28-42)44-31-25-37-26-32-45(34-46(37)33-44)36-23-29-43(30-24-36)52-57-49(40-17-9-3-10-18-40)54-50(58-52)41-19-11-4-12-20-41/h1-34,47,51,55H,(H,53,56). The van der Waals surface area contributed by atoms with Gasteiger partial charge in [-0.2, -0.15) is 0 Å². The highest BCUT2D eigenvalue weighted by atomic mass is 15.3. The summed E-state index contributed by atoms with van der Waals surface area (Å²) in [5.74, 6) is 2.82. The average molecular weight is 747 g/mol. The Morgan fingerprint density at radius 3 is 1.26 bits per heavy atom. The summed E-state index contributed by atoms with van der Waals surface area (Å²) >= 11 is 0. The van der Waals surface area contributed by atoms with Crippen molar-refractivity contribution in [3.05, 3.63) is 223 Å². The smallest absolute Gasteiger partial charge is 0.164 e. The third-order valence-electron chi connectivity index (χ3n) is 10.6. The average Bonchev–Trinajstić information content (AvgIpc) is 3.32. The van der Waals surface area contributed by atoms with E-state index in [0.29, 0.717) is 17.5 Å². The summed E-state index contributed by atoms with van der Waals surface area (Å²) in [6.45, 7) is 0. The monoisotopic (exact) mass is 746 g/mol.